The average molecular weight is 373 g/mol. The van der Waals surface area contributed by atoms with Crippen LogP contribution in [0.5, 0.6) is 0 Å². The quantitative estimate of drug-likeness (QED) is 0.794. The summed E-state index contributed by atoms with van der Waals surface area (Å²) in [5.41, 5.74) is 2.50. The van der Waals surface area contributed by atoms with Gasteiger partial charge in [-0.3, -0.25) is 4.79 Å². The van der Waals surface area contributed by atoms with Crippen molar-refractivity contribution in [2.75, 3.05) is 6.54 Å². The van der Waals surface area contributed by atoms with Crippen LogP contribution in [0.3, 0.4) is 0 Å². The molecule has 26 heavy (non-hydrogen) atoms. The first kappa shape index (κ1) is 20.5. The zero-order valence-electron chi connectivity index (χ0n) is 15.4. The predicted molar refractivity (Wildman–Crippen MR) is 110 cm³/mol. The number of hydrogen-bond donors (Lipinski definition) is 2. The monoisotopic (exact) mass is 372 g/mol. The lowest BCUT2D eigenvalue weighted by Gasteiger charge is -2.29. The molecule has 4 heteroatoms. The van der Waals surface area contributed by atoms with E-state index in [4.69, 9.17) is 0 Å². The van der Waals surface area contributed by atoms with Crippen molar-refractivity contribution in [1.29, 1.82) is 0 Å². The van der Waals surface area contributed by atoms with Crippen LogP contribution in [-0.2, 0) is 11.2 Å². The molecule has 1 saturated heterocycles. The van der Waals surface area contributed by atoms with Crippen molar-refractivity contribution in [1.82, 2.24) is 10.6 Å². The first-order valence-electron chi connectivity index (χ1n) is 9.35. The molecule has 1 amide bonds. The molecule has 1 fully saturated rings. The molecule has 2 aromatic carbocycles. The second-order valence-corrected chi connectivity index (χ2v) is 7.07. The molecule has 3 rings (SSSR count). The molecule has 0 bridgehead atoms. The summed E-state index contributed by atoms with van der Waals surface area (Å²) in [7, 11) is 0. The first-order chi connectivity index (χ1) is 12.2. The molecular weight excluding hydrogens is 344 g/mol. The lowest BCUT2D eigenvalue weighted by atomic mass is 9.91. The first-order valence-corrected chi connectivity index (χ1v) is 9.35. The molecule has 0 spiro atoms. The van der Waals surface area contributed by atoms with Crippen molar-refractivity contribution in [2.45, 2.75) is 44.7 Å². The number of carbonyl (C=O) groups is 1. The highest BCUT2D eigenvalue weighted by atomic mass is 35.5. The summed E-state index contributed by atoms with van der Waals surface area (Å²) in [5, 5.41) is 6.75. The van der Waals surface area contributed by atoms with E-state index in [-0.39, 0.29) is 30.3 Å². The van der Waals surface area contributed by atoms with Crippen molar-refractivity contribution in [2.24, 2.45) is 5.92 Å². The van der Waals surface area contributed by atoms with E-state index in [1.807, 2.05) is 24.3 Å². The second-order valence-electron chi connectivity index (χ2n) is 7.07. The third-order valence-electron chi connectivity index (χ3n) is 5.08. The number of benzene rings is 2. The molecule has 0 saturated carbocycles. The highest BCUT2D eigenvalue weighted by molar-refractivity contribution is 5.85. The SMILES string of the molecule is C[C@H]1C[C@@H](C(=O)NC(CCc2ccccc2)c2ccccc2)CCN1.Cl. The van der Waals surface area contributed by atoms with Gasteiger partial charge in [0.15, 0.2) is 0 Å². The minimum atomic E-state index is 0. The number of amides is 1. The van der Waals surface area contributed by atoms with Crippen LogP contribution in [0.15, 0.2) is 60.7 Å². The van der Waals surface area contributed by atoms with Gasteiger partial charge in [-0.1, -0.05) is 60.7 Å². The Morgan fingerprint density at radius 1 is 1.12 bits per heavy atom. The van der Waals surface area contributed by atoms with E-state index >= 15 is 0 Å². The van der Waals surface area contributed by atoms with Gasteiger partial charge in [0.1, 0.15) is 0 Å². The Bertz CT molecular complexity index is 662. The van der Waals surface area contributed by atoms with Crippen LogP contribution in [0.4, 0.5) is 0 Å². The molecule has 2 N–H and O–H groups in total. The van der Waals surface area contributed by atoms with Gasteiger partial charge in [0, 0.05) is 12.0 Å². The van der Waals surface area contributed by atoms with Crippen molar-refractivity contribution in [3.8, 4) is 0 Å². The Labute approximate surface area is 163 Å². The van der Waals surface area contributed by atoms with Gasteiger partial charge in [0.05, 0.1) is 6.04 Å². The van der Waals surface area contributed by atoms with Crippen LogP contribution in [0.2, 0.25) is 0 Å². The summed E-state index contributed by atoms with van der Waals surface area (Å²) in [6, 6.07) is 21.3. The van der Waals surface area contributed by atoms with Gasteiger partial charge < -0.3 is 10.6 Å². The lowest BCUT2D eigenvalue weighted by Crippen LogP contribution is -2.43. The predicted octanol–water partition coefficient (Wildman–Crippen LogP) is 4.29. The number of halogens is 1. The Kier molecular flexibility index (Phi) is 8.14. The Morgan fingerprint density at radius 2 is 1.77 bits per heavy atom. The summed E-state index contributed by atoms with van der Waals surface area (Å²) >= 11 is 0. The third kappa shape index (κ3) is 5.86. The highest BCUT2D eigenvalue weighted by Gasteiger charge is 2.26. The van der Waals surface area contributed by atoms with E-state index in [0.29, 0.717) is 6.04 Å². The van der Waals surface area contributed by atoms with Crippen LogP contribution < -0.4 is 10.6 Å². The number of piperidine rings is 1. The van der Waals surface area contributed by atoms with Crippen molar-refractivity contribution in [3.63, 3.8) is 0 Å². The molecule has 1 unspecified atom stereocenters. The number of hydrogen-bond acceptors (Lipinski definition) is 2. The van der Waals surface area contributed by atoms with Crippen molar-refractivity contribution in [3.05, 3.63) is 71.8 Å². The minimum Gasteiger partial charge on any atom is -0.349 e. The maximum Gasteiger partial charge on any atom is 0.223 e. The summed E-state index contributed by atoms with van der Waals surface area (Å²) in [6.45, 7) is 3.09. The van der Waals surface area contributed by atoms with Crippen LogP contribution in [0.1, 0.15) is 43.4 Å². The van der Waals surface area contributed by atoms with E-state index in [1.165, 1.54) is 11.1 Å². The summed E-state index contributed by atoms with van der Waals surface area (Å²) in [5.74, 6) is 0.328. The molecule has 3 nitrogen and oxygen atoms in total. The van der Waals surface area contributed by atoms with Crippen LogP contribution in [-0.4, -0.2) is 18.5 Å². The minimum absolute atomic E-state index is 0. The fourth-order valence-electron chi connectivity index (χ4n) is 3.62. The summed E-state index contributed by atoms with van der Waals surface area (Å²) in [4.78, 5) is 12.8. The molecule has 140 valence electrons. The van der Waals surface area contributed by atoms with E-state index in [1.54, 1.807) is 0 Å². The molecular formula is C22H29ClN2O. The summed E-state index contributed by atoms with van der Waals surface area (Å²) in [6.07, 6.45) is 3.73. The molecule has 1 heterocycles. The zero-order chi connectivity index (χ0) is 17.5. The fraction of sp³-hybridized carbons (Fsp3) is 0.409. The normalized spacial score (nSPS) is 20.7. The second kappa shape index (κ2) is 10.3. The molecule has 0 aromatic heterocycles. The van der Waals surface area contributed by atoms with Gasteiger partial charge >= 0.3 is 0 Å². The van der Waals surface area contributed by atoms with Gasteiger partial charge in [-0.15, -0.1) is 12.4 Å². The third-order valence-corrected chi connectivity index (χ3v) is 5.08. The molecule has 0 radical (unpaired) electrons. The van der Waals surface area contributed by atoms with Crippen LogP contribution >= 0.6 is 12.4 Å². The summed E-state index contributed by atoms with van der Waals surface area (Å²) < 4.78 is 0. The average Bonchev–Trinajstić information content (AvgIpc) is 2.66. The highest BCUT2D eigenvalue weighted by Crippen LogP contribution is 2.22. The number of carbonyl (C=O) groups excluding carboxylic acids is 1. The van der Waals surface area contributed by atoms with Crippen LogP contribution in [0, 0.1) is 5.92 Å². The molecule has 3 atom stereocenters. The standard InChI is InChI=1S/C22H28N2O.ClH/c1-17-16-20(14-15-23-17)22(25)24-21(19-10-6-3-7-11-19)13-12-18-8-4-2-5-9-18;/h2-11,17,20-21,23H,12-16H2,1H3,(H,24,25);1H/t17-,20-,21?;/m0./s1. The van der Waals surface area contributed by atoms with Gasteiger partial charge in [0.25, 0.3) is 0 Å². The number of aryl methyl sites for hydroxylation is 1. The maximum absolute atomic E-state index is 12.8. The van der Waals surface area contributed by atoms with Crippen molar-refractivity contribution >= 4 is 18.3 Å². The fourth-order valence-corrected chi connectivity index (χ4v) is 3.62. The largest absolute Gasteiger partial charge is 0.349 e. The maximum atomic E-state index is 12.8. The number of rotatable bonds is 6. The van der Waals surface area contributed by atoms with Crippen molar-refractivity contribution < 1.29 is 4.79 Å². The van der Waals surface area contributed by atoms with Crippen LogP contribution in [0.25, 0.3) is 0 Å². The van der Waals surface area contributed by atoms with Gasteiger partial charge in [-0.2, -0.15) is 0 Å². The smallest absolute Gasteiger partial charge is 0.223 e. The van der Waals surface area contributed by atoms with Gasteiger partial charge in [-0.05, 0) is 50.3 Å². The lowest BCUT2D eigenvalue weighted by molar-refractivity contribution is -0.126. The Balaban J connectivity index is 0.00000243. The topological polar surface area (TPSA) is 41.1 Å². The molecule has 2 aromatic rings. The number of nitrogens with one attached hydrogen (secondary N) is 2. The van der Waals surface area contributed by atoms with E-state index in [9.17, 15) is 4.79 Å². The van der Waals surface area contributed by atoms with E-state index in [0.717, 1.165) is 32.2 Å². The Hall–Kier alpha value is -1.84. The molecule has 0 aliphatic carbocycles. The Morgan fingerprint density at radius 3 is 2.42 bits per heavy atom. The van der Waals surface area contributed by atoms with Gasteiger partial charge in [-0.25, -0.2) is 0 Å². The zero-order valence-corrected chi connectivity index (χ0v) is 16.2. The van der Waals surface area contributed by atoms with Gasteiger partial charge in [0.2, 0.25) is 5.91 Å². The molecule has 1 aliphatic heterocycles. The molecule has 1 aliphatic rings. The van der Waals surface area contributed by atoms with E-state index in [2.05, 4.69) is 54.0 Å². The van der Waals surface area contributed by atoms with E-state index < -0.39 is 0 Å².